The summed E-state index contributed by atoms with van der Waals surface area (Å²) in [4.78, 5) is 8.30. The average Bonchev–Trinajstić information content (AvgIpc) is 2.48. The molecule has 2 aromatic heterocycles. The van der Waals surface area contributed by atoms with Gasteiger partial charge >= 0.3 is 0 Å². The third-order valence-corrected chi connectivity index (χ3v) is 4.54. The molecule has 0 fully saturated rings. The van der Waals surface area contributed by atoms with Gasteiger partial charge < -0.3 is 0 Å². The van der Waals surface area contributed by atoms with Crippen LogP contribution in [0.2, 0.25) is 5.02 Å². The van der Waals surface area contributed by atoms with Gasteiger partial charge in [0.05, 0.1) is 16.1 Å². The van der Waals surface area contributed by atoms with Gasteiger partial charge in [-0.25, -0.2) is 8.42 Å². The van der Waals surface area contributed by atoms with Crippen LogP contribution in [0.5, 0.6) is 0 Å². The van der Waals surface area contributed by atoms with E-state index in [0.29, 0.717) is 21.6 Å². The molecule has 0 radical (unpaired) electrons. The van der Waals surface area contributed by atoms with E-state index in [4.69, 9.17) is 11.6 Å². The van der Waals surface area contributed by atoms with Crippen LogP contribution in [0.1, 0.15) is 0 Å². The van der Waals surface area contributed by atoms with Crippen molar-refractivity contribution in [3.8, 4) is 0 Å². The Bertz CT molecular complexity index is 890. The van der Waals surface area contributed by atoms with Crippen LogP contribution in [0.15, 0.2) is 59.9 Å². The van der Waals surface area contributed by atoms with E-state index in [-0.39, 0.29) is 4.90 Å². The standard InChI is InChI=1S/C14H10ClN3O2S/c15-10-1-3-11(4-2-10)21(19,20)18-14-6-8-17-13-5-7-16-9-12(13)14/h1-9H,(H,17,18). The topological polar surface area (TPSA) is 72.0 Å². The number of nitrogens with one attached hydrogen (secondary N) is 1. The quantitative estimate of drug-likeness (QED) is 0.805. The van der Waals surface area contributed by atoms with Gasteiger partial charge in [-0.3, -0.25) is 14.7 Å². The number of halogens is 1. The van der Waals surface area contributed by atoms with Gasteiger partial charge in [0, 0.05) is 29.0 Å². The molecular formula is C14H10ClN3O2S. The minimum Gasteiger partial charge on any atom is -0.279 e. The Morgan fingerprint density at radius 1 is 1.00 bits per heavy atom. The third kappa shape index (κ3) is 2.81. The van der Waals surface area contributed by atoms with Crippen molar-refractivity contribution in [1.82, 2.24) is 9.97 Å². The van der Waals surface area contributed by atoms with Crippen molar-refractivity contribution >= 4 is 38.2 Å². The summed E-state index contributed by atoms with van der Waals surface area (Å²) in [5.41, 5.74) is 1.10. The fourth-order valence-corrected chi connectivity index (χ4v) is 3.10. The molecule has 3 rings (SSSR count). The Balaban J connectivity index is 2.03. The molecule has 0 saturated carbocycles. The first-order chi connectivity index (χ1) is 10.1. The van der Waals surface area contributed by atoms with Crippen LogP contribution in [0.3, 0.4) is 0 Å². The summed E-state index contributed by atoms with van der Waals surface area (Å²) in [6.07, 6.45) is 4.72. The van der Waals surface area contributed by atoms with E-state index < -0.39 is 10.0 Å². The highest BCUT2D eigenvalue weighted by Crippen LogP contribution is 2.23. The molecule has 21 heavy (non-hydrogen) atoms. The number of rotatable bonds is 3. The highest BCUT2D eigenvalue weighted by molar-refractivity contribution is 7.92. The number of nitrogens with zero attached hydrogens (tertiary/aromatic N) is 2. The molecule has 3 aromatic rings. The molecule has 7 heteroatoms. The Kier molecular flexibility index (Phi) is 3.48. The molecule has 1 aromatic carbocycles. The molecule has 0 atom stereocenters. The van der Waals surface area contributed by atoms with Crippen LogP contribution in [0.25, 0.3) is 10.9 Å². The van der Waals surface area contributed by atoms with E-state index in [2.05, 4.69) is 14.7 Å². The van der Waals surface area contributed by atoms with E-state index in [0.717, 1.165) is 0 Å². The highest BCUT2D eigenvalue weighted by Gasteiger charge is 2.15. The fourth-order valence-electron chi connectivity index (χ4n) is 1.90. The Morgan fingerprint density at radius 2 is 1.76 bits per heavy atom. The largest absolute Gasteiger partial charge is 0.279 e. The summed E-state index contributed by atoms with van der Waals surface area (Å²) < 4.78 is 27.3. The van der Waals surface area contributed by atoms with Gasteiger partial charge in [0.2, 0.25) is 0 Å². The summed E-state index contributed by atoms with van der Waals surface area (Å²) in [6.45, 7) is 0. The average molecular weight is 320 g/mol. The summed E-state index contributed by atoms with van der Waals surface area (Å²) >= 11 is 5.77. The molecular weight excluding hydrogens is 310 g/mol. The van der Waals surface area contributed by atoms with E-state index in [1.165, 1.54) is 24.3 Å². The van der Waals surface area contributed by atoms with Crippen molar-refractivity contribution in [2.75, 3.05) is 4.72 Å². The van der Waals surface area contributed by atoms with Crippen LogP contribution >= 0.6 is 11.6 Å². The Labute approximate surface area is 126 Å². The van der Waals surface area contributed by atoms with Crippen molar-refractivity contribution in [3.05, 3.63) is 60.0 Å². The molecule has 0 aliphatic carbocycles. The third-order valence-electron chi connectivity index (χ3n) is 2.91. The lowest BCUT2D eigenvalue weighted by atomic mass is 10.2. The number of sulfonamides is 1. The van der Waals surface area contributed by atoms with Gasteiger partial charge in [-0.1, -0.05) is 11.6 Å². The van der Waals surface area contributed by atoms with Crippen molar-refractivity contribution in [1.29, 1.82) is 0 Å². The molecule has 1 N–H and O–H groups in total. The van der Waals surface area contributed by atoms with Crippen LogP contribution < -0.4 is 4.72 Å². The summed E-state index contributed by atoms with van der Waals surface area (Å²) in [7, 11) is -3.69. The van der Waals surface area contributed by atoms with Gasteiger partial charge in [-0.15, -0.1) is 0 Å². The van der Waals surface area contributed by atoms with Crippen LogP contribution in [-0.4, -0.2) is 18.4 Å². The maximum Gasteiger partial charge on any atom is 0.261 e. The molecule has 0 aliphatic rings. The number of fused-ring (bicyclic) bond motifs is 1. The zero-order valence-electron chi connectivity index (χ0n) is 10.7. The minimum atomic E-state index is -3.69. The van der Waals surface area contributed by atoms with Gasteiger partial charge in [-0.2, -0.15) is 0 Å². The maximum absolute atomic E-state index is 12.4. The Morgan fingerprint density at radius 3 is 2.52 bits per heavy atom. The van der Waals surface area contributed by atoms with Crippen LogP contribution in [0.4, 0.5) is 5.69 Å². The van der Waals surface area contributed by atoms with Crippen molar-refractivity contribution in [2.45, 2.75) is 4.90 Å². The first kappa shape index (κ1) is 13.8. The molecule has 0 unspecified atom stereocenters. The lowest BCUT2D eigenvalue weighted by Gasteiger charge is -2.10. The second-order valence-electron chi connectivity index (χ2n) is 4.31. The maximum atomic E-state index is 12.4. The molecule has 106 valence electrons. The first-order valence-electron chi connectivity index (χ1n) is 6.03. The van der Waals surface area contributed by atoms with Crippen molar-refractivity contribution < 1.29 is 8.42 Å². The Hall–Kier alpha value is -2.18. The van der Waals surface area contributed by atoms with Crippen LogP contribution in [-0.2, 0) is 10.0 Å². The van der Waals surface area contributed by atoms with Gasteiger partial charge in [0.15, 0.2) is 0 Å². The zero-order chi connectivity index (χ0) is 14.9. The number of hydrogen-bond acceptors (Lipinski definition) is 4. The second-order valence-corrected chi connectivity index (χ2v) is 6.43. The van der Waals surface area contributed by atoms with Gasteiger partial charge in [0.25, 0.3) is 10.0 Å². The SMILES string of the molecule is O=S(=O)(Nc1ccnc2ccncc12)c1ccc(Cl)cc1. The molecule has 0 bridgehead atoms. The van der Waals surface area contributed by atoms with E-state index in [1.54, 1.807) is 30.7 Å². The molecule has 0 aliphatic heterocycles. The fraction of sp³-hybridized carbons (Fsp3) is 0. The van der Waals surface area contributed by atoms with Crippen LogP contribution in [0, 0.1) is 0 Å². The molecule has 0 saturated heterocycles. The molecule has 0 spiro atoms. The van der Waals surface area contributed by atoms with Crippen molar-refractivity contribution in [2.24, 2.45) is 0 Å². The number of benzene rings is 1. The zero-order valence-corrected chi connectivity index (χ0v) is 12.3. The van der Waals surface area contributed by atoms with Gasteiger partial charge in [0.1, 0.15) is 0 Å². The lowest BCUT2D eigenvalue weighted by Crippen LogP contribution is -2.13. The predicted octanol–water partition coefficient (Wildman–Crippen LogP) is 3.08. The molecule has 0 amide bonds. The predicted molar refractivity (Wildman–Crippen MR) is 81.8 cm³/mol. The summed E-state index contributed by atoms with van der Waals surface area (Å²) in [5.74, 6) is 0. The monoisotopic (exact) mass is 319 g/mol. The van der Waals surface area contributed by atoms with Crippen molar-refractivity contribution in [3.63, 3.8) is 0 Å². The first-order valence-corrected chi connectivity index (χ1v) is 7.89. The lowest BCUT2D eigenvalue weighted by molar-refractivity contribution is 0.601. The normalized spacial score (nSPS) is 11.5. The van der Waals surface area contributed by atoms with E-state index >= 15 is 0 Å². The second kappa shape index (κ2) is 5.31. The highest BCUT2D eigenvalue weighted by atomic mass is 35.5. The van der Waals surface area contributed by atoms with E-state index in [9.17, 15) is 8.42 Å². The number of hydrogen-bond donors (Lipinski definition) is 1. The number of aromatic nitrogens is 2. The molecule has 5 nitrogen and oxygen atoms in total. The van der Waals surface area contributed by atoms with E-state index in [1.807, 2.05) is 0 Å². The smallest absolute Gasteiger partial charge is 0.261 e. The van der Waals surface area contributed by atoms with Gasteiger partial charge in [-0.05, 0) is 36.4 Å². The summed E-state index contributed by atoms with van der Waals surface area (Å²) in [5, 5.41) is 1.12. The molecule has 2 heterocycles. The summed E-state index contributed by atoms with van der Waals surface area (Å²) in [6, 6.07) is 9.27. The number of pyridine rings is 2. The number of anilines is 1. The minimum absolute atomic E-state index is 0.140.